The Morgan fingerprint density at radius 3 is 2.40 bits per heavy atom. The van der Waals surface area contributed by atoms with E-state index in [-0.39, 0.29) is 17.3 Å². The van der Waals surface area contributed by atoms with E-state index < -0.39 is 10.0 Å². The molecule has 1 fully saturated rings. The Bertz CT molecular complexity index is 967. The third-order valence-electron chi connectivity index (χ3n) is 4.28. The van der Waals surface area contributed by atoms with Gasteiger partial charge in [-0.1, -0.05) is 24.3 Å². The van der Waals surface area contributed by atoms with Gasteiger partial charge in [-0.2, -0.15) is 17.6 Å². The normalized spacial score (nSPS) is 15.1. The Balaban J connectivity index is 0.00000182. The fourth-order valence-corrected chi connectivity index (χ4v) is 4.37. The molecule has 6 nitrogen and oxygen atoms in total. The number of rotatable bonds is 3. The van der Waals surface area contributed by atoms with Crippen LogP contribution in [0, 0.1) is 0 Å². The van der Waals surface area contributed by atoms with Gasteiger partial charge >= 0.3 is 0 Å². The third kappa shape index (κ3) is 3.10. The minimum Gasteiger partial charge on any atom is -0.368 e. The van der Waals surface area contributed by atoms with Gasteiger partial charge in [0.05, 0.1) is 16.6 Å². The first-order chi connectivity index (χ1) is 11.7. The van der Waals surface area contributed by atoms with Crippen LogP contribution >= 0.6 is 12.4 Å². The second-order valence-corrected chi connectivity index (χ2v) is 7.52. The molecule has 1 N–H and O–H groups in total. The highest BCUT2D eigenvalue weighted by molar-refractivity contribution is 7.90. The van der Waals surface area contributed by atoms with E-state index >= 15 is 0 Å². The molecule has 0 spiro atoms. The molecule has 1 aliphatic heterocycles. The van der Waals surface area contributed by atoms with Crippen LogP contribution in [-0.2, 0) is 10.0 Å². The molecule has 25 heavy (non-hydrogen) atoms. The van der Waals surface area contributed by atoms with Gasteiger partial charge in [0.2, 0.25) is 0 Å². The van der Waals surface area contributed by atoms with Crippen LogP contribution in [0.5, 0.6) is 0 Å². The lowest BCUT2D eigenvalue weighted by Gasteiger charge is -2.29. The van der Waals surface area contributed by atoms with Crippen molar-refractivity contribution in [3.8, 4) is 0 Å². The second kappa shape index (κ2) is 7.03. The zero-order chi connectivity index (χ0) is 16.6. The van der Waals surface area contributed by atoms with Gasteiger partial charge < -0.3 is 10.2 Å². The molecule has 8 heteroatoms. The predicted molar refractivity (Wildman–Crippen MR) is 101 cm³/mol. The maximum absolute atomic E-state index is 12.9. The molecule has 0 bridgehead atoms. The van der Waals surface area contributed by atoms with Crippen molar-refractivity contribution in [3.05, 3.63) is 54.7 Å². The molecule has 0 aliphatic carbocycles. The fraction of sp³-hybridized carbons (Fsp3) is 0.235. The fourth-order valence-electron chi connectivity index (χ4n) is 3.08. The van der Waals surface area contributed by atoms with E-state index in [9.17, 15) is 8.42 Å². The molecule has 1 aliphatic rings. The van der Waals surface area contributed by atoms with E-state index in [0.717, 1.165) is 41.3 Å². The number of aromatic nitrogens is 2. The minimum absolute atomic E-state index is 0. The molecule has 4 rings (SSSR count). The number of halogens is 1. The first-order valence-electron chi connectivity index (χ1n) is 7.91. The summed E-state index contributed by atoms with van der Waals surface area (Å²) in [5, 5.41) is 8.37. The highest BCUT2D eigenvalue weighted by Gasteiger charge is 2.22. The van der Waals surface area contributed by atoms with Gasteiger partial charge in [0, 0.05) is 37.3 Å². The first-order valence-corrected chi connectivity index (χ1v) is 9.35. The molecule has 0 unspecified atom stereocenters. The smallest absolute Gasteiger partial charge is 0.283 e. The standard InChI is InChI=1S/C17H18N4O2S.ClH/c22-24(23,14-5-2-1-3-6-14)21-17-8-4-7-16(15(17)13-19-21)20-11-9-18-10-12-20;/h1-8,13,18H,9-12H2;1H. The van der Waals surface area contributed by atoms with Crippen molar-refractivity contribution in [1.82, 2.24) is 14.5 Å². The van der Waals surface area contributed by atoms with Crippen molar-refractivity contribution >= 4 is 39.0 Å². The number of benzene rings is 2. The molecule has 2 aromatic carbocycles. The Hall–Kier alpha value is -2.09. The van der Waals surface area contributed by atoms with Crippen LogP contribution in [0.2, 0.25) is 0 Å². The summed E-state index contributed by atoms with van der Waals surface area (Å²) in [7, 11) is -3.70. The van der Waals surface area contributed by atoms with Crippen LogP contribution in [0.3, 0.4) is 0 Å². The lowest BCUT2D eigenvalue weighted by Crippen LogP contribution is -2.43. The highest BCUT2D eigenvalue weighted by atomic mass is 35.5. The third-order valence-corrected chi connectivity index (χ3v) is 5.90. The quantitative estimate of drug-likeness (QED) is 0.756. The maximum Gasteiger partial charge on any atom is 0.283 e. The van der Waals surface area contributed by atoms with Crippen LogP contribution in [0.4, 0.5) is 5.69 Å². The number of nitrogens with one attached hydrogen (secondary N) is 1. The molecular weight excluding hydrogens is 360 g/mol. The molecule has 132 valence electrons. The van der Waals surface area contributed by atoms with E-state index in [1.807, 2.05) is 12.1 Å². The minimum atomic E-state index is -3.70. The molecule has 0 radical (unpaired) electrons. The molecule has 2 heterocycles. The molecule has 1 saturated heterocycles. The Morgan fingerprint density at radius 1 is 0.960 bits per heavy atom. The topological polar surface area (TPSA) is 67.2 Å². The molecule has 0 amide bonds. The number of anilines is 1. The number of piperazine rings is 1. The van der Waals surface area contributed by atoms with E-state index in [1.165, 1.54) is 0 Å². The van der Waals surface area contributed by atoms with Crippen LogP contribution < -0.4 is 10.2 Å². The SMILES string of the molecule is Cl.O=S(=O)(c1ccccc1)n1ncc2c(N3CCNCC3)cccc21. The number of nitrogens with zero attached hydrogens (tertiary/aromatic N) is 3. The molecular formula is C17H19ClN4O2S. The van der Waals surface area contributed by atoms with Crippen molar-refractivity contribution in [2.45, 2.75) is 4.90 Å². The monoisotopic (exact) mass is 378 g/mol. The van der Waals surface area contributed by atoms with Crippen molar-refractivity contribution in [3.63, 3.8) is 0 Å². The zero-order valence-corrected chi connectivity index (χ0v) is 15.1. The van der Waals surface area contributed by atoms with Gasteiger partial charge in [0.1, 0.15) is 0 Å². The average molecular weight is 379 g/mol. The van der Waals surface area contributed by atoms with Crippen molar-refractivity contribution < 1.29 is 8.42 Å². The summed E-state index contributed by atoms with van der Waals surface area (Å²) in [5.74, 6) is 0. The van der Waals surface area contributed by atoms with Gasteiger partial charge in [0.25, 0.3) is 10.0 Å². The van der Waals surface area contributed by atoms with E-state index in [4.69, 9.17) is 0 Å². The van der Waals surface area contributed by atoms with E-state index in [1.54, 1.807) is 42.6 Å². The summed E-state index contributed by atoms with van der Waals surface area (Å²) in [6.07, 6.45) is 1.65. The molecule has 0 saturated carbocycles. The second-order valence-electron chi connectivity index (χ2n) is 5.75. The van der Waals surface area contributed by atoms with Gasteiger partial charge in [-0.3, -0.25) is 0 Å². The van der Waals surface area contributed by atoms with Crippen molar-refractivity contribution in [1.29, 1.82) is 0 Å². The predicted octanol–water partition coefficient (Wildman–Crippen LogP) is 2.10. The van der Waals surface area contributed by atoms with Crippen LogP contribution in [0.15, 0.2) is 59.6 Å². The Labute approximate surface area is 152 Å². The summed E-state index contributed by atoms with van der Waals surface area (Å²) in [4.78, 5) is 2.50. The summed E-state index contributed by atoms with van der Waals surface area (Å²) >= 11 is 0. The first kappa shape index (κ1) is 17.7. The number of hydrogen-bond donors (Lipinski definition) is 1. The van der Waals surface area contributed by atoms with Gasteiger partial charge in [-0.05, 0) is 24.3 Å². The summed E-state index contributed by atoms with van der Waals surface area (Å²) < 4.78 is 26.9. The number of fused-ring (bicyclic) bond motifs is 1. The number of hydrogen-bond acceptors (Lipinski definition) is 5. The van der Waals surface area contributed by atoms with Crippen LogP contribution in [0.1, 0.15) is 0 Å². The lowest BCUT2D eigenvalue weighted by atomic mass is 10.2. The van der Waals surface area contributed by atoms with Crippen LogP contribution in [-0.4, -0.2) is 43.8 Å². The van der Waals surface area contributed by atoms with Crippen LogP contribution in [0.25, 0.3) is 10.9 Å². The molecule has 1 aromatic heterocycles. The largest absolute Gasteiger partial charge is 0.368 e. The Morgan fingerprint density at radius 2 is 1.68 bits per heavy atom. The van der Waals surface area contributed by atoms with E-state index in [0.29, 0.717) is 5.52 Å². The lowest BCUT2D eigenvalue weighted by molar-refractivity contribution is 0.582. The molecule has 0 atom stereocenters. The van der Waals surface area contributed by atoms with E-state index in [2.05, 4.69) is 15.3 Å². The zero-order valence-electron chi connectivity index (χ0n) is 13.5. The summed E-state index contributed by atoms with van der Waals surface area (Å²) in [6, 6.07) is 14.1. The van der Waals surface area contributed by atoms with Gasteiger partial charge in [0.15, 0.2) is 0 Å². The van der Waals surface area contributed by atoms with Gasteiger partial charge in [-0.25, -0.2) is 0 Å². The van der Waals surface area contributed by atoms with Gasteiger partial charge in [-0.15, -0.1) is 12.4 Å². The van der Waals surface area contributed by atoms with Crippen molar-refractivity contribution in [2.24, 2.45) is 0 Å². The maximum atomic E-state index is 12.9. The average Bonchev–Trinajstić information content (AvgIpc) is 3.08. The summed E-state index contributed by atoms with van der Waals surface area (Å²) in [6.45, 7) is 3.64. The molecule has 3 aromatic rings. The van der Waals surface area contributed by atoms with Crippen molar-refractivity contribution in [2.75, 3.05) is 31.1 Å². The Kier molecular flexibility index (Phi) is 4.99. The highest BCUT2D eigenvalue weighted by Crippen LogP contribution is 2.29. The summed E-state index contributed by atoms with van der Waals surface area (Å²) in [5.41, 5.74) is 1.64.